The van der Waals surface area contributed by atoms with E-state index < -0.39 is 6.04 Å². The Morgan fingerprint density at radius 1 is 1.12 bits per heavy atom. The van der Waals surface area contributed by atoms with Crippen molar-refractivity contribution < 1.29 is 23.8 Å². The lowest BCUT2D eigenvalue weighted by Crippen LogP contribution is -2.50. The van der Waals surface area contributed by atoms with E-state index in [1.165, 1.54) is 0 Å². The van der Waals surface area contributed by atoms with Gasteiger partial charge in [-0.25, -0.2) is 0 Å². The molecule has 0 aromatic heterocycles. The first-order valence-corrected chi connectivity index (χ1v) is 8.75. The van der Waals surface area contributed by atoms with Crippen LogP contribution >= 0.6 is 0 Å². The first-order valence-electron chi connectivity index (χ1n) is 8.75. The van der Waals surface area contributed by atoms with Crippen molar-refractivity contribution in [1.82, 2.24) is 10.6 Å². The average molecular weight is 350 g/mol. The Balaban J connectivity index is 2.28. The van der Waals surface area contributed by atoms with Gasteiger partial charge in [0.2, 0.25) is 11.7 Å². The molecular weight excluding hydrogens is 324 g/mol. The van der Waals surface area contributed by atoms with E-state index >= 15 is 0 Å². The normalized spacial score (nSPS) is 16.8. The number of piperidine rings is 1. The van der Waals surface area contributed by atoms with Crippen LogP contribution in [0.1, 0.15) is 44.0 Å². The van der Waals surface area contributed by atoms with Gasteiger partial charge in [-0.05, 0) is 45.7 Å². The molecule has 7 nitrogen and oxygen atoms in total. The molecule has 2 rings (SSSR count). The van der Waals surface area contributed by atoms with Crippen LogP contribution in [-0.2, 0) is 4.79 Å². The van der Waals surface area contributed by atoms with Crippen LogP contribution in [0.4, 0.5) is 0 Å². The maximum atomic E-state index is 12.6. The summed E-state index contributed by atoms with van der Waals surface area (Å²) >= 11 is 0. The Labute approximate surface area is 148 Å². The van der Waals surface area contributed by atoms with Crippen LogP contribution < -0.4 is 24.8 Å². The molecular formula is C18H26N2O5. The highest BCUT2D eigenvalue weighted by Gasteiger charge is 2.25. The van der Waals surface area contributed by atoms with Gasteiger partial charge in [0.15, 0.2) is 11.5 Å². The number of rotatable bonds is 8. The molecule has 0 saturated carbocycles. The molecule has 1 heterocycles. The molecule has 1 aliphatic rings. The van der Waals surface area contributed by atoms with Crippen LogP contribution in [0, 0.1) is 0 Å². The SMILES string of the molecule is CCOc1cc(C(=O)N[C@@H]2CCCNC2=O)cc(OCC)c1OCC. The molecule has 25 heavy (non-hydrogen) atoms. The van der Waals surface area contributed by atoms with E-state index in [2.05, 4.69) is 10.6 Å². The molecule has 1 aliphatic heterocycles. The molecule has 1 saturated heterocycles. The van der Waals surface area contributed by atoms with Crippen LogP contribution in [0.3, 0.4) is 0 Å². The highest BCUT2D eigenvalue weighted by atomic mass is 16.5. The molecule has 0 spiro atoms. The molecule has 7 heteroatoms. The van der Waals surface area contributed by atoms with E-state index in [0.29, 0.717) is 55.6 Å². The van der Waals surface area contributed by atoms with Crippen molar-refractivity contribution in [2.75, 3.05) is 26.4 Å². The third-order valence-electron chi connectivity index (χ3n) is 3.76. The fourth-order valence-electron chi connectivity index (χ4n) is 2.67. The quantitative estimate of drug-likeness (QED) is 0.748. The Hall–Kier alpha value is -2.44. The predicted octanol–water partition coefficient (Wildman–Crippen LogP) is 1.89. The third-order valence-corrected chi connectivity index (χ3v) is 3.76. The topological polar surface area (TPSA) is 85.9 Å². The average Bonchev–Trinajstić information content (AvgIpc) is 2.60. The molecule has 1 atom stereocenters. The maximum Gasteiger partial charge on any atom is 0.252 e. The molecule has 1 aromatic carbocycles. The summed E-state index contributed by atoms with van der Waals surface area (Å²) < 4.78 is 16.9. The molecule has 2 amide bonds. The van der Waals surface area contributed by atoms with Gasteiger partial charge in [0, 0.05) is 12.1 Å². The van der Waals surface area contributed by atoms with Crippen LogP contribution in [0.25, 0.3) is 0 Å². The summed E-state index contributed by atoms with van der Waals surface area (Å²) in [5.74, 6) is 0.896. The molecule has 0 unspecified atom stereocenters. The summed E-state index contributed by atoms with van der Waals surface area (Å²) in [7, 11) is 0. The molecule has 0 bridgehead atoms. The summed E-state index contributed by atoms with van der Waals surface area (Å²) in [6, 6.07) is 2.72. The Morgan fingerprint density at radius 2 is 1.72 bits per heavy atom. The number of amides is 2. The highest BCUT2D eigenvalue weighted by Crippen LogP contribution is 2.39. The van der Waals surface area contributed by atoms with E-state index in [9.17, 15) is 9.59 Å². The van der Waals surface area contributed by atoms with Crippen LogP contribution in [0.5, 0.6) is 17.2 Å². The predicted molar refractivity (Wildman–Crippen MR) is 93.4 cm³/mol. The van der Waals surface area contributed by atoms with Gasteiger partial charge in [-0.1, -0.05) is 0 Å². The van der Waals surface area contributed by atoms with Crippen molar-refractivity contribution >= 4 is 11.8 Å². The zero-order valence-electron chi connectivity index (χ0n) is 15.0. The first kappa shape index (κ1) is 18.9. The van der Waals surface area contributed by atoms with E-state index in [1.54, 1.807) is 12.1 Å². The maximum absolute atomic E-state index is 12.6. The van der Waals surface area contributed by atoms with Gasteiger partial charge >= 0.3 is 0 Å². The fourth-order valence-corrected chi connectivity index (χ4v) is 2.67. The fraction of sp³-hybridized carbons (Fsp3) is 0.556. The number of nitrogens with one attached hydrogen (secondary N) is 2. The van der Waals surface area contributed by atoms with Crippen molar-refractivity contribution in [1.29, 1.82) is 0 Å². The van der Waals surface area contributed by atoms with E-state index in [4.69, 9.17) is 14.2 Å². The van der Waals surface area contributed by atoms with Crippen LogP contribution in [0.15, 0.2) is 12.1 Å². The molecule has 0 aliphatic carbocycles. The zero-order valence-corrected chi connectivity index (χ0v) is 15.0. The summed E-state index contributed by atoms with van der Waals surface area (Å²) in [6.45, 7) is 7.55. The van der Waals surface area contributed by atoms with E-state index in [1.807, 2.05) is 20.8 Å². The summed E-state index contributed by atoms with van der Waals surface area (Å²) in [5.41, 5.74) is 0.369. The Morgan fingerprint density at radius 3 is 2.24 bits per heavy atom. The standard InChI is InChI=1S/C18H26N2O5/c1-4-23-14-10-12(11-15(24-5-2)16(14)25-6-3)17(21)20-13-8-7-9-19-18(13)22/h10-11,13H,4-9H2,1-3H3,(H,19,22)(H,20,21)/t13-/m1/s1. The number of hydrogen-bond donors (Lipinski definition) is 2. The van der Waals surface area contributed by atoms with Crippen LogP contribution in [0.2, 0.25) is 0 Å². The highest BCUT2D eigenvalue weighted by molar-refractivity contribution is 5.98. The minimum atomic E-state index is -0.515. The van der Waals surface area contributed by atoms with Crippen LogP contribution in [-0.4, -0.2) is 44.2 Å². The number of carbonyl (C=O) groups excluding carboxylic acids is 2. The van der Waals surface area contributed by atoms with Crippen molar-refractivity contribution in [2.24, 2.45) is 0 Å². The van der Waals surface area contributed by atoms with Gasteiger partial charge < -0.3 is 24.8 Å². The van der Waals surface area contributed by atoms with Crippen molar-refractivity contribution in [3.05, 3.63) is 17.7 Å². The second kappa shape index (κ2) is 9.15. The number of benzene rings is 1. The second-order valence-corrected chi connectivity index (χ2v) is 5.56. The smallest absolute Gasteiger partial charge is 0.252 e. The minimum absolute atomic E-state index is 0.152. The van der Waals surface area contributed by atoms with Crippen molar-refractivity contribution in [2.45, 2.75) is 39.7 Å². The van der Waals surface area contributed by atoms with Crippen molar-refractivity contribution in [3.63, 3.8) is 0 Å². The molecule has 1 fully saturated rings. The molecule has 1 aromatic rings. The Kier molecular flexibility index (Phi) is 6.91. The molecule has 2 N–H and O–H groups in total. The van der Waals surface area contributed by atoms with Gasteiger partial charge in [-0.2, -0.15) is 0 Å². The van der Waals surface area contributed by atoms with Gasteiger partial charge in [0.25, 0.3) is 5.91 Å². The van der Waals surface area contributed by atoms with Gasteiger partial charge in [-0.15, -0.1) is 0 Å². The summed E-state index contributed by atoms with van der Waals surface area (Å²) in [4.78, 5) is 24.4. The lowest BCUT2D eigenvalue weighted by atomic mass is 10.1. The second-order valence-electron chi connectivity index (χ2n) is 5.56. The zero-order chi connectivity index (χ0) is 18.2. The molecule has 138 valence electrons. The largest absolute Gasteiger partial charge is 0.490 e. The van der Waals surface area contributed by atoms with E-state index in [0.717, 1.165) is 6.42 Å². The lowest BCUT2D eigenvalue weighted by Gasteiger charge is -2.23. The summed E-state index contributed by atoms with van der Waals surface area (Å²) in [5, 5.41) is 5.53. The molecule has 0 radical (unpaired) electrons. The first-order chi connectivity index (χ1) is 12.1. The minimum Gasteiger partial charge on any atom is -0.490 e. The lowest BCUT2D eigenvalue weighted by molar-refractivity contribution is -0.124. The van der Waals surface area contributed by atoms with Crippen molar-refractivity contribution in [3.8, 4) is 17.2 Å². The van der Waals surface area contributed by atoms with Gasteiger partial charge in [0.1, 0.15) is 6.04 Å². The van der Waals surface area contributed by atoms with Gasteiger partial charge in [-0.3, -0.25) is 9.59 Å². The summed E-state index contributed by atoms with van der Waals surface area (Å²) in [6.07, 6.45) is 1.47. The van der Waals surface area contributed by atoms with Gasteiger partial charge in [0.05, 0.1) is 19.8 Å². The Bertz CT molecular complexity index is 590. The third kappa shape index (κ3) is 4.78. The van der Waals surface area contributed by atoms with E-state index in [-0.39, 0.29) is 11.8 Å². The number of ether oxygens (including phenoxy) is 3. The monoisotopic (exact) mass is 350 g/mol. The number of hydrogen-bond acceptors (Lipinski definition) is 5. The number of carbonyl (C=O) groups is 2.